The fraction of sp³-hybridized carbons (Fsp3) is 0.111. The molecule has 0 saturated heterocycles. The van der Waals surface area contributed by atoms with E-state index < -0.39 is 0 Å². The summed E-state index contributed by atoms with van der Waals surface area (Å²) in [6, 6.07) is 59.4. The van der Waals surface area contributed by atoms with Gasteiger partial charge in [0.05, 0.1) is 16.7 Å². The van der Waals surface area contributed by atoms with Gasteiger partial charge in [0.1, 0.15) is 0 Å². The van der Waals surface area contributed by atoms with Crippen LogP contribution in [0.25, 0.3) is 93.2 Å². The molecule has 0 aliphatic heterocycles. The van der Waals surface area contributed by atoms with Gasteiger partial charge in [-0.05, 0) is 141 Å². The van der Waals surface area contributed by atoms with Crippen LogP contribution in [-0.4, -0.2) is 4.57 Å². The van der Waals surface area contributed by atoms with Crippen LogP contribution in [0.2, 0.25) is 0 Å². The molecule has 0 radical (unpaired) electrons. The molecule has 1 nitrogen and oxygen atoms in total. The molecule has 0 amide bonds. The molecule has 0 aliphatic rings. The molecule has 1 heteroatoms. The Morgan fingerprint density at radius 2 is 0.855 bits per heavy atom. The van der Waals surface area contributed by atoms with Crippen LogP contribution in [0.1, 0.15) is 34.7 Å². The van der Waals surface area contributed by atoms with E-state index in [2.05, 4.69) is 197 Å². The smallest absolute Gasteiger partial charge is 0.0541 e. The molecule has 264 valence electrons. The van der Waals surface area contributed by atoms with E-state index in [4.69, 9.17) is 0 Å². The molecule has 10 aromatic rings. The summed E-state index contributed by atoms with van der Waals surface area (Å²) in [5.74, 6) is 0. The normalized spacial score (nSPS) is 11.8. The largest absolute Gasteiger partial charge is 0.309 e. The van der Waals surface area contributed by atoms with E-state index >= 15 is 0 Å². The van der Waals surface area contributed by atoms with E-state index in [9.17, 15) is 0 Å². The third-order valence-corrected chi connectivity index (χ3v) is 12.0. The molecule has 10 rings (SSSR count). The molecule has 9 aromatic carbocycles. The van der Waals surface area contributed by atoms with Crippen molar-refractivity contribution in [2.75, 3.05) is 0 Å². The molecule has 55 heavy (non-hydrogen) atoms. The van der Waals surface area contributed by atoms with E-state index in [1.54, 1.807) is 0 Å². The van der Waals surface area contributed by atoms with Gasteiger partial charge in [-0.1, -0.05) is 145 Å². The fourth-order valence-corrected chi connectivity index (χ4v) is 9.30. The molecular weight excluding hydrogens is 663 g/mol. The molecule has 0 fully saturated rings. The maximum absolute atomic E-state index is 2.51. The lowest BCUT2D eigenvalue weighted by Gasteiger charge is -2.19. The molecule has 0 aliphatic carbocycles. The van der Waals surface area contributed by atoms with Gasteiger partial charge >= 0.3 is 0 Å². The number of hydrogen-bond acceptors (Lipinski definition) is 0. The van der Waals surface area contributed by atoms with Crippen molar-refractivity contribution in [2.24, 2.45) is 0 Å². The van der Waals surface area contributed by atoms with Gasteiger partial charge in [-0.15, -0.1) is 0 Å². The van der Waals surface area contributed by atoms with Gasteiger partial charge in [0.15, 0.2) is 0 Å². The standard InChI is InChI=1S/C54H43N/c1-6-39-40-13-8-11-17-44(40)54(45-18-12-9-14-41(39)45)46-25-28-51(43-16-10-7-15-42(43)46)55-52-26-23-37(47-29-33(2)19-21-35(47)4)31-49(52)50-32-38(24-27-53(50)55)48-30-34(3)20-22-36(48)5/h7-32H,6H2,1-5H3. The minimum atomic E-state index is 0.991. The Hall–Kier alpha value is -6.44. The topological polar surface area (TPSA) is 4.93 Å². The lowest BCUT2D eigenvalue weighted by molar-refractivity contribution is 1.18. The first-order valence-corrected chi connectivity index (χ1v) is 19.6. The molecule has 0 atom stereocenters. The van der Waals surface area contributed by atoms with E-state index in [1.165, 1.54) is 121 Å². The quantitative estimate of drug-likeness (QED) is 0.157. The Morgan fingerprint density at radius 3 is 1.36 bits per heavy atom. The zero-order valence-electron chi connectivity index (χ0n) is 32.2. The Morgan fingerprint density at radius 1 is 0.382 bits per heavy atom. The number of aromatic nitrogens is 1. The van der Waals surface area contributed by atoms with Crippen LogP contribution in [0.5, 0.6) is 0 Å². The highest BCUT2D eigenvalue weighted by Gasteiger charge is 2.21. The summed E-state index contributed by atoms with van der Waals surface area (Å²) >= 11 is 0. The summed E-state index contributed by atoms with van der Waals surface area (Å²) < 4.78 is 2.51. The van der Waals surface area contributed by atoms with Crippen molar-refractivity contribution in [3.63, 3.8) is 0 Å². The number of rotatable bonds is 5. The lowest BCUT2D eigenvalue weighted by atomic mass is 9.86. The zero-order chi connectivity index (χ0) is 37.4. The van der Waals surface area contributed by atoms with Crippen LogP contribution in [-0.2, 0) is 6.42 Å². The summed E-state index contributed by atoms with van der Waals surface area (Å²) in [5, 5.41) is 10.3. The second-order valence-corrected chi connectivity index (χ2v) is 15.4. The number of aryl methyl sites for hydroxylation is 5. The average molecular weight is 706 g/mol. The summed E-state index contributed by atoms with van der Waals surface area (Å²) in [4.78, 5) is 0. The Labute approximate surface area is 323 Å². The van der Waals surface area contributed by atoms with Gasteiger partial charge in [0.2, 0.25) is 0 Å². The average Bonchev–Trinajstić information content (AvgIpc) is 3.54. The summed E-state index contributed by atoms with van der Waals surface area (Å²) in [6.07, 6.45) is 0.991. The molecule has 0 unspecified atom stereocenters. The highest BCUT2D eigenvalue weighted by molar-refractivity contribution is 6.20. The number of fused-ring (bicyclic) bond motifs is 6. The van der Waals surface area contributed by atoms with Crippen molar-refractivity contribution >= 4 is 54.1 Å². The van der Waals surface area contributed by atoms with Crippen molar-refractivity contribution in [1.82, 2.24) is 4.57 Å². The van der Waals surface area contributed by atoms with Crippen LogP contribution in [0.3, 0.4) is 0 Å². The van der Waals surface area contributed by atoms with Crippen LogP contribution in [0, 0.1) is 27.7 Å². The van der Waals surface area contributed by atoms with Gasteiger partial charge in [-0.3, -0.25) is 0 Å². The van der Waals surface area contributed by atoms with Crippen LogP contribution in [0.4, 0.5) is 0 Å². The maximum Gasteiger partial charge on any atom is 0.0541 e. The highest BCUT2D eigenvalue weighted by Crippen LogP contribution is 2.45. The zero-order valence-corrected chi connectivity index (χ0v) is 32.2. The van der Waals surface area contributed by atoms with Crippen molar-refractivity contribution < 1.29 is 0 Å². The van der Waals surface area contributed by atoms with E-state index in [0.717, 1.165) is 6.42 Å². The van der Waals surface area contributed by atoms with Crippen molar-refractivity contribution in [3.8, 4) is 39.1 Å². The SMILES string of the molecule is CCc1c2ccccc2c(-c2ccc(-n3c4ccc(-c5cc(C)ccc5C)cc4c4cc(-c5cc(C)ccc5C)ccc43)c3ccccc23)c2ccccc12. The molecule has 1 heterocycles. The van der Waals surface area contributed by atoms with E-state index in [0.29, 0.717) is 0 Å². The third-order valence-electron chi connectivity index (χ3n) is 12.0. The van der Waals surface area contributed by atoms with Crippen molar-refractivity contribution in [1.29, 1.82) is 0 Å². The molecule has 0 spiro atoms. The number of benzene rings is 9. The number of hydrogen-bond donors (Lipinski definition) is 0. The van der Waals surface area contributed by atoms with Gasteiger partial charge in [0.25, 0.3) is 0 Å². The first-order chi connectivity index (χ1) is 26.9. The molecule has 0 N–H and O–H groups in total. The Bertz CT molecular complexity index is 3010. The van der Waals surface area contributed by atoms with Crippen LogP contribution < -0.4 is 0 Å². The summed E-state index contributed by atoms with van der Waals surface area (Å²) in [5.41, 5.74) is 17.8. The molecule has 0 bridgehead atoms. The highest BCUT2D eigenvalue weighted by atomic mass is 15.0. The molecule has 1 aromatic heterocycles. The summed E-state index contributed by atoms with van der Waals surface area (Å²) in [6.45, 7) is 11.1. The van der Waals surface area contributed by atoms with Crippen molar-refractivity contribution in [2.45, 2.75) is 41.0 Å². The molecule has 0 saturated carbocycles. The van der Waals surface area contributed by atoms with Crippen LogP contribution in [0.15, 0.2) is 158 Å². The minimum absolute atomic E-state index is 0.991. The molecular formula is C54H43N. The first kappa shape index (κ1) is 33.2. The lowest BCUT2D eigenvalue weighted by Crippen LogP contribution is -1.98. The van der Waals surface area contributed by atoms with Gasteiger partial charge < -0.3 is 4.57 Å². The minimum Gasteiger partial charge on any atom is -0.309 e. The van der Waals surface area contributed by atoms with Gasteiger partial charge in [-0.2, -0.15) is 0 Å². The van der Waals surface area contributed by atoms with Gasteiger partial charge in [-0.25, -0.2) is 0 Å². The fourth-order valence-electron chi connectivity index (χ4n) is 9.30. The first-order valence-electron chi connectivity index (χ1n) is 19.6. The predicted molar refractivity (Wildman–Crippen MR) is 238 cm³/mol. The van der Waals surface area contributed by atoms with E-state index in [-0.39, 0.29) is 0 Å². The Kier molecular flexibility index (Phi) is 7.75. The number of nitrogens with zero attached hydrogens (tertiary/aromatic N) is 1. The maximum atomic E-state index is 2.51. The third kappa shape index (κ3) is 5.22. The van der Waals surface area contributed by atoms with Crippen molar-refractivity contribution in [3.05, 3.63) is 186 Å². The van der Waals surface area contributed by atoms with E-state index in [1.807, 2.05) is 0 Å². The summed E-state index contributed by atoms with van der Waals surface area (Å²) in [7, 11) is 0. The predicted octanol–water partition coefficient (Wildman–Crippen LogP) is 15.0. The van der Waals surface area contributed by atoms with Gasteiger partial charge in [0, 0.05) is 16.2 Å². The van der Waals surface area contributed by atoms with Crippen LogP contribution >= 0.6 is 0 Å². The second-order valence-electron chi connectivity index (χ2n) is 15.4. The Balaban J connectivity index is 1.28. The second kappa shape index (κ2) is 12.9. The monoisotopic (exact) mass is 705 g/mol.